The van der Waals surface area contributed by atoms with Crippen LogP contribution < -0.4 is 5.32 Å². The normalized spacial score (nSPS) is 47.9. The molecule has 8 saturated heterocycles. The largest absolute Gasteiger partial charge is 0.412 e. The Morgan fingerprint density at radius 1 is 0.366 bits per heavy atom. The van der Waals surface area contributed by atoms with Crippen molar-refractivity contribution in [1.29, 1.82) is 0 Å². The summed E-state index contributed by atoms with van der Waals surface area (Å²) in [6, 6.07) is -4.05. The number of nitrogens with one attached hydrogen (secondary N) is 1. The van der Waals surface area contributed by atoms with Gasteiger partial charge in [-0.25, -0.2) is 0 Å². The SMILES string of the molecule is CC#CC#CO[C@@H]1OC(CO)[C@@H](O[C@@H]2OC(C)[C@H](O[C@H]3OC(CO)[C@@H](O[C@@H]4OC(C)[C@H](O[C@H]5OC(CO)[C@@H](O[C@@H]6OC(C)[C@H](O[C@@H]7OC(CO)[C@@H](O[C@@H]8OC(C)[C@@H](C)C(OC)[C@@H]8O)[C@H](C)C7N=[N+]=[N-])C(OC)[C@@H]6O)[C@H](C)C5N=[N+]=[N-])C(OC)[C@@H]4O)[C@H](C)C3N=[N+]=[N-])C(OC)[C@@H]2O)[C@H](C)C1NC. The Morgan fingerprint density at radius 3 is 0.941 bits per heavy atom. The third kappa shape index (κ3) is 17.9. The third-order valence-electron chi connectivity index (χ3n) is 20.7. The van der Waals surface area contributed by atoms with Crippen molar-refractivity contribution in [1.82, 2.24) is 5.32 Å². The van der Waals surface area contributed by atoms with E-state index < -0.39 is 259 Å². The lowest BCUT2D eigenvalue weighted by Gasteiger charge is -2.51. The average molecular weight is 1450 g/mol. The molecule has 0 spiro atoms. The van der Waals surface area contributed by atoms with Crippen LogP contribution in [0.5, 0.6) is 0 Å². The molecule has 572 valence electrons. The first kappa shape index (κ1) is 82.4. The predicted molar refractivity (Wildman–Crippen MR) is 341 cm³/mol. The summed E-state index contributed by atoms with van der Waals surface area (Å²) in [5.74, 6) is 4.75. The van der Waals surface area contributed by atoms with E-state index in [1.165, 1.54) is 28.4 Å². The molecule has 0 bridgehead atoms. The van der Waals surface area contributed by atoms with Crippen molar-refractivity contribution in [3.05, 3.63) is 31.3 Å². The van der Waals surface area contributed by atoms with E-state index in [0.29, 0.717) is 0 Å². The molecule has 8 aliphatic rings. The average Bonchev–Trinajstić information content (AvgIpc) is 0.775. The van der Waals surface area contributed by atoms with E-state index in [1.54, 1.807) is 55.5 Å². The summed E-state index contributed by atoms with van der Waals surface area (Å²) < 4.78 is 124. The van der Waals surface area contributed by atoms with Gasteiger partial charge in [0, 0.05) is 60.9 Å². The first-order valence-electron chi connectivity index (χ1n) is 33.9. The van der Waals surface area contributed by atoms with Gasteiger partial charge in [-0.3, -0.25) is 0 Å². The van der Waals surface area contributed by atoms with Crippen molar-refractivity contribution in [2.24, 2.45) is 44.9 Å². The zero-order valence-corrected chi connectivity index (χ0v) is 59.2. The number of likely N-dealkylation sites (N-methyl/N-ethyl adjacent to an activating group) is 1. The van der Waals surface area contributed by atoms with E-state index in [0.717, 1.165) is 0 Å². The van der Waals surface area contributed by atoms with Crippen molar-refractivity contribution in [2.45, 2.75) is 284 Å². The number of aliphatic hydroxyl groups is 8. The van der Waals surface area contributed by atoms with Crippen molar-refractivity contribution < 1.29 is 136 Å². The molecule has 0 saturated carbocycles. The number of methoxy groups -OCH3 is 4. The van der Waals surface area contributed by atoms with Crippen molar-refractivity contribution in [2.75, 3.05) is 61.9 Å². The molecule has 9 N–H and O–H groups in total. The van der Waals surface area contributed by atoms with Gasteiger partial charge in [-0.2, -0.15) is 0 Å². The molecule has 0 radical (unpaired) electrons. The minimum Gasteiger partial charge on any atom is -0.412 e. The molecule has 40 atom stereocenters. The Hall–Kier alpha value is -4.27. The maximum absolute atomic E-state index is 12.1. The van der Waals surface area contributed by atoms with E-state index in [4.69, 9.17) is 94.7 Å². The fourth-order valence-corrected chi connectivity index (χ4v) is 14.9. The van der Waals surface area contributed by atoms with Crippen LogP contribution in [-0.4, -0.2) is 318 Å². The van der Waals surface area contributed by atoms with Crippen LogP contribution in [0.25, 0.3) is 31.3 Å². The van der Waals surface area contributed by atoms with Gasteiger partial charge in [-0.05, 0) is 81.9 Å². The maximum atomic E-state index is 12.1. The van der Waals surface area contributed by atoms with E-state index in [9.17, 15) is 57.4 Å². The quantitative estimate of drug-likeness (QED) is 0.0223. The second-order valence-electron chi connectivity index (χ2n) is 26.6. The number of hydrogen-bond acceptors (Lipinski definition) is 32. The molecule has 8 heterocycles. The molecule has 101 heavy (non-hydrogen) atoms. The summed E-state index contributed by atoms with van der Waals surface area (Å²) in [7, 11) is 7.12. The summed E-state index contributed by atoms with van der Waals surface area (Å²) in [5.41, 5.74) is 29.7. The highest BCUT2D eigenvalue weighted by atomic mass is 16.8. The summed E-state index contributed by atoms with van der Waals surface area (Å²) >= 11 is 0. The van der Waals surface area contributed by atoms with Gasteiger partial charge < -0.3 is 141 Å². The molecule has 8 rings (SSSR count). The van der Waals surface area contributed by atoms with Crippen LogP contribution in [0.1, 0.15) is 69.2 Å². The van der Waals surface area contributed by atoms with Gasteiger partial charge in [0.25, 0.3) is 0 Å². The highest BCUT2D eigenvalue weighted by Gasteiger charge is 2.59. The van der Waals surface area contributed by atoms with Crippen LogP contribution in [0.2, 0.25) is 0 Å². The molecule has 8 fully saturated rings. The number of aliphatic hydroxyl groups excluding tert-OH is 8. The lowest BCUT2D eigenvalue weighted by Crippen LogP contribution is -2.66. The Morgan fingerprint density at radius 2 is 0.653 bits per heavy atom. The third-order valence-corrected chi connectivity index (χ3v) is 20.7. The van der Waals surface area contributed by atoms with Gasteiger partial charge in [0.05, 0.1) is 106 Å². The van der Waals surface area contributed by atoms with Crippen molar-refractivity contribution >= 4 is 0 Å². The van der Waals surface area contributed by atoms with E-state index >= 15 is 0 Å². The Kier molecular flexibility index (Phi) is 30.8. The van der Waals surface area contributed by atoms with Crippen LogP contribution in [0.4, 0.5) is 0 Å². The van der Waals surface area contributed by atoms with Gasteiger partial charge in [-0.1, -0.05) is 55.9 Å². The smallest absolute Gasteiger partial charge is 0.226 e. The van der Waals surface area contributed by atoms with Gasteiger partial charge in [0.15, 0.2) is 44.0 Å². The molecule has 38 nitrogen and oxygen atoms in total. The number of nitrogens with zero attached hydrogens (tertiary/aromatic N) is 9. The zero-order chi connectivity index (χ0) is 73.8. The lowest BCUT2D eigenvalue weighted by molar-refractivity contribution is -0.379. The van der Waals surface area contributed by atoms with Crippen LogP contribution in [0.3, 0.4) is 0 Å². The highest BCUT2D eigenvalue weighted by molar-refractivity contribution is 5.23. The summed E-state index contributed by atoms with van der Waals surface area (Å²) in [6.07, 6.45) is -34.2. The lowest BCUT2D eigenvalue weighted by atomic mass is 9.87. The molecule has 0 aromatic carbocycles. The second-order valence-corrected chi connectivity index (χ2v) is 26.6. The number of azide groups is 3. The minimum atomic E-state index is -1.67. The topological polar surface area (TPSA) is 505 Å². The molecular formula is C63H102N10O28. The summed E-state index contributed by atoms with van der Waals surface area (Å²) in [6.45, 7) is 14.5. The number of rotatable bonds is 27. The van der Waals surface area contributed by atoms with Gasteiger partial charge >= 0.3 is 0 Å². The Balaban J connectivity index is 0.897. The number of hydrogen-bond donors (Lipinski definition) is 9. The fourth-order valence-electron chi connectivity index (χ4n) is 14.9. The number of ether oxygens (including phenoxy) is 20. The van der Waals surface area contributed by atoms with Crippen LogP contribution in [-0.2, 0) is 94.7 Å². The van der Waals surface area contributed by atoms with Gasteiger partial charge in [-0.15, -0.1) is 0 Å². The highest BCUT2D eigenvalue weighted by Crippen LogP contribution is 2.43. The Bertz CT molecular complexity index is 2890. The Labute approximate surface area is 585 Å². The fraction of sp³-hybridized carbons (Fsp3) is 0.937. The molecule has 8 aliphatic heterocycles. The van der Waals surface area contributed by atoms with E-state index in [2.05, 4.69) is 59.3 Å². The van der Waals surface area contributed by atoms with Crippen LogP contribution >= 0.6 is 0 Å². The second kappa shape index (κ2) is 37.8. The van der Waals surface area contributed by atoms with Gasteiger partial charge in [0.2, 0.25) is 6.29 Å². The maximum Gasteiger partial charge on any atom is 0.226 e. The van der Waals surface area contributed by atoms with Crippen LogP contribution in [0.15, 0.2) is 15.3 Å². The molecule has 0 aromatic rings. The monoisotopic (exact) mass is 1450 g/mol. The summed E-state index contributed by atoms with van der Waals surface area (Å²) in [5, 5.41) is 105. The van der Waals surface area contributed by atoms with Gasteiger partial charge in [0.1, 0.15) is 91.6 Å². The molecule has 0 aliphatic carbocycles. The standard InChI is InChI=1S/C63H102N10O28/c1-16-17-18-19-86-56-37(67-11)25(3)45(33(20-74)91-56)95-61-42(79)53(83-13)50(30(8)88-61)99-58-39(69-72-65)27(5)47(35(22-76)93-58)97-63-44(81)55(85-15)52(32(10)90-63)101-59-40(70-73-66)28(6)48(36(23-77)94-59)98-62-43(80)54(84-14)51(31(9)89-62)100-57-38(68-71-64)26(4)46(34(21-75)92-57)96-60-41(78)49(82-12)24(2)29(7)87-60/h24-63,67,74-81H,20-23H2,1-15H3/t24-,25-,26-,27-,28-,29?,30?,31?,32?,33?,34?,35?,36?,37?,38?,39?,40?,41+,42+,43+,44+,45+,46+,47+,48+,49?,50+,51+,52+,53?,54?,55?,56-,57+,58-,59-,60+,61+,62+,63+/m1/s1. The van der Waals surface area contributed by atoms with Crippen molar-refractivity contribution in [3.8, 4) is 23.9 Å². The first-order chi connectivity index (χ1) is 48.4. The van der Waals surface area contributed by atoms with Crippen LogP contribution in [0, 0.1) is 53.5 Å². The molecule has 16 unspecified atom stereocenters. The van der Waals surface area contributed by atoms with E-state index in [1.807, 2.05) is 20.8 Å². The minimum absolute atomic E-state index is 0.188. The molecule has 38 heteroatoms. The molecular weight excluding hydrogens is 1340 g/mol. The van der Waals surface area contributed by atoms with Crippen molar-refractivity contribution in [3.63, 3.8) is 0 Å². The van der Waals surface area contributed by atoms with E-state index in [-0.39, 0.29) is 12.0 Å². The summed E-state index contributed by atoms with van der Waals surface area (Å²) in [4.78, 5) is 9.18. The molecule has 0 aromatic heterocycles. The zero-order valence-electron chi connectivity index (χ0n) is 59.2. The predicted octanol–water partition coefficient (Wildman–Crippen LogP) is -0.160. The molecule has 0 amide bonds. The first-order valence-corrected chi connectivity index (χ1v) is 33.9.